The van der Waals surface area contributed by atoms with Gasteiger partial charge in [-0.3, -0.25) is 9.59 Å². The van der Waals surface area contributed by atoms with Crippen LogP contribution < -0.4 is 15.4 Å². The molecule has 0 bridgehead atoms. The van der Waals surface area contributed by atoms with E-state index in [0.29, 0.717) is 12.0 Å². The highest BCUT2D eigenvalue weighted by Crippen LogP contribution is 2.31. The van der Waals surface area contributed by atoms with Crippen molar-refractivity contribution in [3.05, 3.63) is 70.0 Å². The van der Waals surface area contributed by atoms with Crippen molar-refractivity contribution in [3.63, 3.8) is 0 Å². The Labute approximate surface area is 185 Å². The second kappa shape index (κ2) is 9.76. The first kappa shape index (κ1) is 23.2. The van der Waals surface area contributed by atoms with Crippen molar-refractivity contribution >= 4 is 33.4 Å². The number of halogens is 2. The molecular formula is C21H23ClFN3O4S. The van der Waals surface area contributed by atoms with Gasteiger partial charge in [0, 0.05) is 11.4 Å². The van der Waals surface area contributed by atoms with Crippen molar-refractivity contribution in [1.29, 1.82) is 0 Å². The number of hydrogen-bond acceptors (Lipinski definition) is 4. The summed E-state index contributed by atoms with van der Waals surface area (Å²) in [5.74, 6) is -1.56. The second-order valence-corrected chi connectivity index (χ2v) is 9.76. The third-order valence-electron chi connectivity index (χ3n) is 5.17. The largest absolute Gasteiger partial charge is 0.350 e. The van der Waals surface area contributed by atoms with Gasteiger partial charge in [-0.25, -0.2) is 17.5 Å². The molecule has 0 radical (unpaired) electrons. The molecule has 3 rings (SSSR count). The zero-order valence-corrected chi connectivity index (χ0v) is 18.4. The fourth-order valence-corrected chi connectivity index (χ4v) is 4.47. The number of nitrogens with one attached hydrogen (secondary N) is 3. The van der Waals surface area contributed by atoms with Gasteiger partial charge in [-0.1, -0.05) is 41.9 Å². The minimum atomic E-state index is -3.50. The molecule has 31 heavy (non-hydrogen) atoms. The van der Waals surface area contributed by atoms with Crippen molar-refractivity contribution in [3.8, 4) is 0 Å². The van der Waals surface area contributed by atoms with E-state index in [1.54, 1.807) is 0 Å². The van der Waals surface area contributed by atoms with Crippen molar-refractivity contribution in [2.24, 2.45) is 0 Å². The maximum absolute atomic E-state index is 13.2. The predicted molar refractivity (Wildman–Crippen MR) is 116 cm³/mol. The molecule has 0 heterocycles. The zero-order valence-electron chi connectivity index (χ0n) is 16.8. The van der Waals surface area contributed by atoms with E-state index in [1.807, 2.05) is 24.3 Å². The van der Waals surface area contributed by atoms with Crippen molar-refractivity contribution in [2.45, 2.75) is 31.3 Å². The number of fused-ring (bicyclic) bond motifs is 1. The third-order valence-corrected chi connectivity index (χ3v) is 6.89. The van der Waals surface area contributed by atoms with E-state index in [0.717, 1.165) is 17.2 Å². The summed E-state index contributed by atoms with van der Waals surface area (Å²) >= 11 is 6.01. The summed E-state index contributed by atoms with van der Waals surface area (Å²) in [6.45, 7) is 0. The van der Waals surface area contributed by atoms with E-state index < -0.39 is 33.8 Å². The SMILES string of the molecule is CNS(=O)(=O)CCC(=O)N[C@@H]1c2ccccc2C[C@H]1NC(=O)Cc1ccc(F)cc1Cl. The average Bonchev–Trinajstić information content (AvgIpc) is 3.05. The summed E-state index contributed by atoms with van der Waals surface area (Å²) < 4.78 is 38.6. The number of sulfonamides is 1. The van der Waals surface area contributed by atoms with Crippen LogP contribution in [0.2, 0.25) is 5.02 Å². The number of carbonyl (C=O) groups excluding carboxylic acids is 2. The lowest BCUT2D eigenvalue weighted by Gasteiger charge is -2.23. The lowest BCUT2D eigenvalue weighted by molar-refractivity contribution is -0.124. The fraction of sp³-hybridized carbons (Fsp3) is 0.333. The zero-order chi connectivity index (χ0) is 22.6. The molecule has 2 atom stereocenters. The molecule has 7 nitrogen and oxygen atoms in total. The number of rotatable bonds is 8. The van der Waals surface area contributed by atoms with Gasteiger partial charge >= 0.3 is 0 Å². The first-order valence-corrected chi connectivity index (χ1v) is 11.7. The molecule has 0 saturated heterocycles. The average molecular weight is 468 g/mol. The highest BCUT2D eigenvalue weighted by Gasteiger charge is 2.34. The van der Waals surface area contributed by atoms with Crippen molar-refractivity contribution in [2.75, 3.05) is 12.8 Å². The summed E-state index contributed by atoms with van der Waals surface area (Å²) in [5, 5.41) is 5.93. The van der Waals surface area contributed by atoms with Gasteiger partial charge in [0.1, 0.15) is 5.82 Å². The minimum absolute atomic E-state index is 0.0347. The van der Waals surface area contributed by atoms with Crippen LogP contribution in [0.3, 0.4) is 0 Å². The van der Waals surface area contributed by atoms with Crippen LogP contribution in [0.15, 0.2) is 42.5 Å². The highest BCUT2D eigenvalue weighted by molar-refractivity contribution is 7.89. The van der Waals surface area contributed by atoms with Gasteiger partial charge in [-0.2, -0.15) is 0 Å². The summed E-state index contributed by atoms with van der Waals surface area (Å²) in [6, 6.07) is 10.5. The molecule has 1 aliphatic carbocycles. The van der Waals surface area contributed by atoms with Crippen LogP contribution in [0.5, 0.6) is 0 Å². The van der Waals surface area contributed by atoms with Gasteiger partial charge in [0.2, 0.25) is 21.8 Å². The number of hydrogen-bond donors (Lipinski definition) is 3. The predicted octanol–water partition coefficient (Wildman–Crippen LogP) is 1.86. The molecule has 0 fully saturated rings. The second-order valence-electron chi connectivity index (χ2n) is 7.31. The van der Waals surface area contributed by atoms with E-state index in [9.17, 15) is 22.4 Å². The Morgan fingerprint density at radius 2 is 1.87 bits per heavy atom. The molecule has 0 saturated carbocycles. The summed E-state index contributed by atoms with van der Waals surface area (Å²) in [5.41, 5.74) is 2.35. The standard InChI is InChI=1S/C21H23ClFN3O4S/c1-24-31(29,30)9-8-19(27)26-21-16-5-3-2-4-13(16)10-18(21)25-20(28)11-14-6-7-15(23)12-17(14)22/h2-7,12,18,21,24H,8-11H2,1H3,(H,25,28)(H,26,27)/t18-,21-/m1/s1. The van der Waals surface area contributed by atoms with Crippen LogP contribution in [-0.4, -0.2) is 39.1 Å². The van der Waals surface area contributed by atoms with E-state index in [4.69, 9.17) is 11.6 Å². The first-order chi connectivity index (χ1) is 14.7. The topological polar surface area (TPSA) is 104 Å². The Hall–Kier alpha value is -2.49. The summed E-state index contributed by atoms with van der Waals surface area (Å²) in [4.78, 5) is 25.0. The Morgan fingerprint density at radius 1 is 1.13 bits per heavy atom. The van der Waals surface area contributed by atoms with E-state index in [2.05, 4.69) is 15.4 Å². The molecule has 2 amide bonds. The van der Waals surface area contributed by atoms with Crippen molar-refractivity contribution < 1.29 is 22.4 Å². The molecule has 2 aromatic carbocycles. The van der Waals surface area contributed by atoms with Crippen LogP contribution in [0.25, 0.3) is 0 Å². The Kier molecular flexibility index (Phi) is 7.30. The lowest BCUT2D eigenvalue weighted by atomic mass is 10.1. The van der Waals surface area contributed by atoms with Crippen LogP contribution in [0.1, 0.15) is 29.2 Å². The Bertz CT molecular complexity index is 1090. The van der Waals surface area contributed by atoms with Crippen LogP contribution in [-0.2, 0) is 32.5 Å². The monoisotopic (exact) mass is 467 g/mol. The van der Waals surface area contributed by atoms with Gasteiger partial charge < -0.3 is 10.6 Å². The number of carbonyl (C=O) groups is 2. The van der Waals surface area contributed by atoms with E-state index in [-0.39, 0.29) is 29.5 Å². The van der Waals surface area contributed by atoms with Crippen LogP contribution in [0.4, 0.5) is 4.39 Å². The summed E-state index contributed by atoms with van der Waals surface area (Å²) in [7, 11) is -2.21. The third kappa shape index (κ3) is 6.03. The maximum atomic E-state index is 13.2. The van der Waals surface area contributed by atoms with E-state index >= 15 is 0 Å². The Balaban J connectivity index is 1.69. The van der Waals surface area contributed by atoms with Gasteiger partial charge in [0.05, 0.1) is 24.3 Å². The normalized spacial score (nSPS) is 17.8. The van der Waals surface area contributed by atoms with Gasteiger partial charge in [0.25, 0.3) is 0 Å². The quantitative estimate of drug-likeness (QED) is 0.551. The molecule has 0 aliphatic heterocycles. The maximum Gasteiger partial charge on any atom is 0.224 e. The first-order valence-electron chi connectivity index (χ1n) is 9.70. The smallest absolute Gasteiger partial charge is 0.224 e. The molecule has 1 aliphatic rings. The van der Waals surface area contributed by atoms with Gasteiger partial charge in [0.15, 0.2) is 0 Å². The van der Waals surface area contributed by atoms with Gasteiger partial charge in [-0.05, 0) is 42.3 Å². The molecular weight excluding hydrogens is 445 g/mol. The van der Waals surface area contributed by atoms with Gasteiger partial charge in [-0.15, -0.1) is 0 Å². The van der Waals surface area contributed by atoms with Crippen LogP contribution >= 0.6 is 11.6 Å². The Morgan fingerprint density at radius 3 is 2.58 bits per heavy atom. The molecule has 166 valence electrons. The van der Waals surface area contributed by atoms with E-state index in [1.165, 1.54) is 19.2 Å². The summed E-state index contributed by atoms with van der Waals surface area (Å²) in [6.07, 6.45) is 0.277. The molecule has 0 aromatic heterocycles. The molecule has 2 aromatic rings. The van der Waals surface area contributed by atoms with Crippen molar-refractivity contribution in [1.82, 2.24) is 15.4 Å². The molecule has 3 N–H and O–H groups in total. The minimum Gasteiger partial charge on any atom is -0.350 e. The molecule has 0 spiro atoms. The molecule has 0 unspecified atom stereocenters. The van der Waals surface area contributed by atoms with Crippen LogP contribution in [0, 0.1) is 5.82 Å². The fourth-order valence-electron chi connectivity index (χ4n) is 3.58. The molecule has 10 heteroatoms. The highest BCUT2D eigenvalue weighted by atomic mass is 35.5. The number of amides is 2. The number of benzene rings is 2. The lowest BCUT2D eigenvalue weighted by Crippen LogP contribution is -2.45.